The lowest BCUT2D eigenvalue weighted by molar-refractivity contribution is -0.152. The molecule has 2 aromatic rings. The molecule has 1 fully saturated rings. The number of hydrogen-bond donors (Lipinski definition) is 1. The molecule has 0 saturated carbocycles. The number of pyridine rings is 1. The molecule has 0 unspecified atom stereocenters. The number of nitrogens with one attached hydrogen (secondary N) is 1. The van der Waals surface area contributed by atoms with E-state index in [2.05, 4.69) is 15.7 Å². The molecule has 1 saturated heterocycles. The number of likely N-dealkylation sites (tertiary alicyclic amines) is 1. The molecule has 0 aromatic carbocycles. The molecular formula is C19H26N4O2S. The van der Waals surface area contributed by atoms with Gasteiger partial charge in [-0.15, -0.1) is 11.3 Å². The van der Waals surface area contributed by atoms with Crippen molar-refractivity contribution in [3.63, 3.8) is 0 Å². The number of carbonyl (C=O) groups excluding carboxylic acids is 1. The summed E-state index contributed by atoms with van der Waals surface area (Å²) < 4.78 is 5.35. The van der Waals surface area contributed by atoms with Crippen molar-refractivity contribution in [1.82, 2.24) is 14.9 Å². The Morgan fingerprint density at radius 2 is 2.23 bits per heavy atom. The van der Waals surface area contributed by atoms with Crippen LogP contribution in [-0.4, -0.2) is 46.6 Å². The summed E-state index contributed by atoms with van der Waals surface area (Å²) >= 11 is 1.57. The van der Waals surface area contributed by atoms with Gasteiger partial charge in [-0.3, -0.25) is 4.79 Å². The Kier molecular flexibility index (Phi) is 5.58. The van der Waals surface area contributed by atoms with Gasteiger partial charge in [-0.1, -0.05) is 6.07 Å². The number of ether oxygens (including phenoxy) is 1. The van der Waals surface area contributed by atoms with E-state index in [0.29, 0.717) is 6.54 Å². The van der Waals surface area contributed by atoms with Crippen molar-refractivity contribution >= 4 is 28.2 Å². The molecule has 0 radical (unpaired) electrons. The maximum absolute atomic E-state index is 12.7. The predicted molar refractivity (Wildman–Crippen MR) is 104 cm³/mol. The number of rotatable bonds is 5. The SMILES string of the molecule is COC(C)(C)C(=O)N1CCC[C@H](c2csc(Nc3ccc(C)cn3)n2)C1. The van der Waals surface area contributed by atoms with Crippen LogP contribution < -0.4 is 5.32 Å². The van der Waals surface area contributed by atoms with E-state index in [0.717, 1.165) is 41.6 Å². The zero-order valence-electron chi connectivity index (χ0n) is 15.8. The molecule has 0 spiro atoms. The van der Waals surface area contributed by atoms with Gasteiger partial charge >= 0.3 is 0 Å². The minimum absolute atomic E-state index is 0.0436. The molecule has 3 rings (SSSR count). The van der Waals surface area contributed by atoms with Gasteiger partial charge < -0.3 is 15.0 Å². The van der Waals surface area contributed by atoms with E-state index in [1.165, 1.54) is 0 Å². The molecule has 0 bridgehead atoms. The number of anilines is 2. The van der Waals surface area contributed by atoms with Crippen LogP contribution in [0.2, 0.25) is 0 Å². The van der Waals surface area contributed by atoms with Crippen molar-refractivity contribution in [3.05, 3.63) is 35.0 Å². The molecule has 1 aliphatic heterocycles. The van der Waals surface area contributed by atoms with Crippen LogP contribution in [0.15, 0.2) is 23.7 Å². The van der Waals surface area contributed by atoms with Crippen molar-refractivity contribution in [2.24, 2.45) is 0 Å². The first kappa shape index (κ1) is 18.8. The number of hydrogen-bond acceptors (Lipinski definition) is 6. The summed E-state index contributed by atoms with van der Waals surface area (Å²) in [5.74, 6) is 1.10. The van der Waals surface area contributed by atoms with Crippen molar-refractivity contribution in [3.8, 4) is 0 Å². The second-order valence-electron chi connectivity index (χ2n) is 7.23. The maximum Gasteiger partial charge on any atom is 0.254 e. The van der Waals surface area contributed by atoms with Crippen LogP contribution in [0, 0.1) is 6.92 Å². The average Bonchev–Trinajstić information content (AvgIpc) is 3.11. The predicted octanol–water partition coefficient (Wildman–Crippen LogP) is 3.72. The summed E-state index contributed by atoms with van der Waals surface area (Å²) in [7, 11) is 1.58. The minimum Gasteiger partial charge on any atom is -0.369 e. The Balaban J connectivity index is 1.66. The van der Waals surface area contributed by atoms with Crippen molar-refractivity contribution in [2.75, 3.05) is 25.5 Å². The minimum atomic E-state index is -0.784. The van der Waals surface area contributed by atoms with E-state index < -0.39 is 5.60 Å². The number of aromatic nitrogens is 2. The van der Waals surface area contributed by atoms with Gasteiger partial charge in [0.25, 0.3) is 5.91 Å². The summed E-state index contributed by atoms with van der Waals surface area (Å²) in [6.07, 6.45) is 3.86. The van der Waals surface area contributed by atoms with Gasteiger partial charge in [0.1, 0.15) is 11.4 Å². The number of carbonyl (C=O) groups is 1. The smallest absolute Gasteiger partial charge is 0.254 e. The van der Waals surface area contributed by atoms with Crippen molar-refractivity contribution in [1.29, 1.82) is 0 Å². The zero-order valence-corrected chi connectivity index (χ0v) is 16.6. The lowest BCUT2D eigenvalue weighted by atomic mass is 9.94. The van der Waals surface area contributed by atoms with E-state index >= 15 is 0 Å². The quantitative estimate of drug-likeness (QED) is 0.864. The van der Waals surface area contributed by atoms with Crippen LogP contribution in [-0.2, 0) is 9.53 Å². The molecule has 26 heavy (non-hydrogen) atoms. The third-order valence-electron chi connectivity index (χ3n) is 4.82. The molecule has 2 aromatic heterocycles. The Labute approximate surface area is 158 Å². The van der Waals surface area contributed by atoms with Crippen molar-refractivity contribution in [2.45, 2.75) is 45.1 Å². The van der Waals surface area contributed by atoms with E-state index in [1.54, 1.807) is 18.4 Å². The lowest BCUT2D eigenvalue weighted by Crippen LogP contribution is -2.49. The Hall–Kier alpha value is -1.99. The molecule has 6 nitrogen and oxygen atoms in total. The van der Waals surface area contributed by atoms with E-state index in [9.17, 15) is 4.79 Å². The number of amides is 1. The standard InChI is InChI=1S/C19H26N4O2S/c1-13-7-8-16(20-10-13)22-18-21-15(12-26-18)14-6-5-9-23(11-14)17(24)19(2,3)25-4/h7-8,10,12,14H,5-6,9,11H2,1-4H3,(H,20,21,22)/t14-/m0/s1. The van der Waals surface area contributed by atoms with Crippen molar-refractivity contribution < 1.29 is 9.53 Å². The average molecular weight is 375 g/mol. The normalized spacial score (nSPS) is 18.0. The molecule has 0 aliphatic carbocycles. The van der Waals surface area contributed by atoms with Crippen LogP contribution in [0.25, 0.3) is 0 Å². The van der Waals surface area contributed by atoms with E-state index in [-0.39, 0.29) is 11.8 Å². The highest BCUT2D eigenvalue weighted by molar-refractivity contribution is 7.13. The van der Waals surface area contributed by atoms with Gasteiger partial charge in [-0.05, 0) is 45.2 Å². The van der Waals surface area contributed by atoms with Crippen LogP contribution >= 0.6 is 11.3 Å². The monoisotopic (exact) mass is 374 g/mol. The summed E-state index contributed by atoms with van der Waals surface area (Å²) in [5, 5.41) is 6.16. The highest BCUT2D eigenvalue weighted by Crippen LogP contribution is 2.31. The summed E-state index contributed by atoms with van der Waals surface area (Å²) in [5.41, 5.74) is 1.38. The largest absolute Gasteiger partial charge is 0.369 e. The molecule has 3 heterocycles. The van der Waals surface area contributed by atoms with Gasteiger partial charge in [-0.25, -0.2) is 9.97 Å². The molecule has 1 aliphatic rings. The van der Waals surface area contributed by atoms with Crippen LogP contribution in [0.5, 0.6) is 0 Å². The van der Waals surface area contributed by atoms with Gasteiger partial charge in [0.05, 0.1) is 5.69 Å². The van der Waals surface area contributed by atoms with Crippen LogP contribution in [0.1, 0.15) is 43.9 Å². The van der Waals surface area contributed by atoms with E-state index in [4.69, 9.17) is 9.72 Å². The van der Waals surface area contributed by atoms with Crippen LogP contribution in [0.4, 0.5) is 10.9 Å². The van der Waals surface area contributed by atoms with Crippen LogP contribution in [0.3, 0.4) is 0 Å². The number of thiazole rings is 1. The highest BCUT2D eigenvalue weighted by atomic mass is 32.1. The third kappa shape index (κ3) is 4.22. The summed E-state index contributed by atoms with van der Waals surface area (Å²) in [4.78, 5) is 23.7. The topological polar surface area (TPSA) is 67.3 Å². The first-order valence-corrected chi connectivity index (χ1v) is 9.76. The second-order valence-corrected chi connectivity index (χ2v) is 8.09. The van der Waals surface area contributed by atoms with Gasteiger partial charge in [0.2, 0.25) is 0 Å². The Morgan fingerprint density at radius 3 is 2.92 bits per heavy atom. The fourth-order valence-electron chi connectivity index (χ4n) is 3.05. The summed E-state index contributed by atoms with van der Waals surface area (Å²) in [6.45, 7) is 7.12. The fourth-order valence-corrected chi connectivity index (χ4v) is 3.85. The Morgan fingerprint density at radius 1 is 1.42 bits per heavy atom. The molecule has 1 atom stereocenters. The van der Waals surface area contributed by atoms with Gasteiger partial charge in [0, 0.05) is 37.7 Å². The number of nitrogens with zero attached hydrogens (tertiary/aromatic N) is 3. The maximum atomic E-state index is 12.7. The van der Waals surface area contributed by atoms with Gasteiger partial charge in [-0.2, -0.15) is 0 Å². The first-order valence-electron chi connectivity index (χ1n) is 8.88. The number of piperidine rings is 1. The number of methoxy groups -OCH3 is 1. The zero-order chi connectivity index (χ0) is 18.7. The van der Waals surface area contributed by atoms with Gasteiger partial charge in [0.15, 0.2) is 5.13 Å². The highest BCUT2D eigenvalue weighted by Gasteiger charge is 2.35. The second kappa shape index (κ2) is 7.72. The molecular weight excluding hydrogens is 348 g/mol. The molecule has 1 N–H and O–H groups in total. The van der Waals surface area contributed by atoms with E-state index in [1.807, 2.05) is 44.0 Å². The molecule has 1 amide bonds. The molecule has 7 heteroatoms. The third-order valence-corrected chi connectivity index (χ3v) is 5.60. The lowest BCUT2D eigenvalue weighted by Gasteiger charge is -2.36. The Bertz CT molecular complexity index is 757. The number of aryl methyl sites for hydroxylation is 1. The molecule has 140 valence electrons. The summed E-state index contributed by atoms with van der Waals surface area (Å²) in [6, 6.07) is 3.97. The fraction of sp³-hybridized carbons (Fsp3) is 0.526. The first-order chi connectivity index (χ1) is 12.4.